The summed E-state index contributed by atoms with van der Waals surface area (Å²) in [5.41, 5.74) is 1.54. The lowest BCUT2D eigenvalue weighted by atomic mass is 9.81. The van der Waals surface area contributed by atoms with E-state index in [0.717, 1.165) is 24.8 Å². The van der Waals surface area contributed by atoms with Crippen molar-refractivity contribution in [2.45, 2.75) is 38.6 Å². The van der Waals surface area contributed by atoms with Crippen molar-refractivity contribution in [2.75, 3.05) is 11.4 Å². The van der Waals surface area contributed by atoms with E-state index < -0.39 is 11.9 Å². The van der Waals surface area contributed by atoms with Crippen LogP contribution in [0.15, 0.2) is 54.6 Å². The van der Waals surface area contributed by atoms with Gasteiger partial charge in [0.2, 0.25) is 17.7 Å². The molecular formula is C28H28N2O5. The number of amides is 3. The van der Waals surface area contributed by atoms with Crippen LogP contribution in [0.2, 0.25) is 0 Å². The highest BCUT2D eigenvalue weighted by molar-refractivity contribution is 6.22. The second-order valence-corrected chi connectivity index (χ2v) is 10.3. The lowest BCUT2D eigenvalue weighted by molar-refractivity contribution is -0.139. The lowest BCUT2D eigenvalue weighted by Crippen LogP contribution is -2.32. The number of carbonyl (C=O) groups is 4. The number of imide groups is 1. The average molecular weight is 473 g/mol. The molecule has 0 radical (unpaired) electrons. The maximum absolute atomic E-state index is 13.0. The second kappa shape index (κ2) is 8.33. The molecule has 2 saturated heterocycles. The van der Waals surface area contributed by atoms with Crippen LogP contribution in [0.3, 0.4) is 0 Å². The van der Waals surface area contributed by atoms with E-state index >= 15 is 0 Å². The molecule has 7 heteroatoms. The highest BCUT2D eigenvalue weighted by atomic mass is 16.5. The molecule has 4 aliphatic rings. The fraction of sp³-hybridized carbons (Fsp3) is 0.429. The Labute approximate surface area is 204 Å². The van der Waals surface area contributed by atoms with Crippen molar-refractivity contribution in [3.05, 3.63) is 60.2 Å². The van der Waals surface area contributed by atoms with Crippen molar-refractivity contribution in [1.29, 1.82) is 0 Å². The van der Waals surface area contributed by atoms with Crippen LogP contribution in [0.1, 0.15) is 44.2 Å². The molecule has 0 aromatic heterocycles. The fourth-order valence-electron chi connectivity index (χ4n) is 6.70. The van der Waals surface area contributed by atoms with Gasteiger partial charge in [0.15, 0.2) is 0 Å². The minimum absolute atomic E-state index is 0.0655. The van der Waals surface area contributed by atoms with Crippen LogP contribution in [-0.4, -0.2) is 35.1 Å². The summed E-state index contributed by atoms with van der Waals surface area (Å²) < 4.78 is 5.56. The average Bonchev–Trinajstić information content (AvgIpc) is 3.63. The van der Waals surface area contributed by atoms with Crippen molar-refractivity contribution >= 4 is 29.4 Å². The van der Waals surface area contributed by atoms with Crippen LogP contribution in [-0.2, 0) is 19.2 Å². The summed E-state index contributed by atoms with van der Waals surface area (Å²) >= 11 is 0. The summed E-state index contributed by atoms with van der Waals surface area (Å²) in [6, 6.07) is 16.1. The maximum Gasteiger partial charge on any atom is 0.316 e. The first-order chi connectivity index (χ1) is 16.9. The molecule has 2 bridgehead atoms. The number of likely N-dealkylation sites (tertiary alicyclic amines) is 1. The van der Waals surface area contributed by atoms with Crippen molar-refractivity contribution in [3.8, 4) is 5.75 Å². The number of hydrogen-bond donors (Lipinski definition) is 0. The van der Waals surface area contributed by atoms with Gasteiger partial charge in [-0.2, -0.15) is 0 Å². The summed E-state index contributed by atoms with van der Waals surface area (Å²) in [5.74, 6) is -0.555. The summed E-state index contributed by atoms with van der Waals surface area (Å²) in [6.07, 6.45) is 3.20. The lowest BCUT2D eigenvalue weighted by Gasteiger charge is -2.25. The van der Waals surface area contributed by atoms with Crippen molar-refractivity contribution in [3.63, 3.8) is 0 Å². The van der Waals surface area contributed by atoms with Gasteiger partial charge >= 0.3 is 5.97 Å². The second-order valence-electron chi connectivity index (χ2n) is 10.3. The number of nitrogens with zero attached hydrogens (tertiary/aromatic N) is 2. The van der Waals surface area contributed by atoms with E-state index in [1.807, 2.05) is 37.3 Å². The van der Waals surface area contributed by atoms with E-state index in [0.29, 0.717) is 29.8 Å². The Hall–Kier alpha value is -3.48. The number of rotatable bonds is 5. The fourth-order valence-corrected chi connectivity index (χ4v) is 6.70. The Balaban J connectivity index is 1.11. The molecule has 2 aliphatic heterocycles. The van der Waals surface area contributed by atoms with Gasteiger partial charge in [-0.3, -0.25) is 24.1 Å². The standard InChI is InChI=1S/C28H28N2O5/c1-16(17-5-3-2-4-6-17)29-15-20(14-23(29)31)28(34)35-22-11-9-21(10-12-22)30-26(32)24-18-7-8-19(13-18)25(24)27(30)33/h2-6,9-12,16,18-20,24-25H,7-8,13-15H2,1H3/t16-,18+,19+,20+,24-,25+/m1/s1. The molecule has 35 heavy (non-hydrogen) atoms. The third-order valence-electron chi connectivity index (χ3n) is 8.48. The van der Waals surface area contributed by atoms with Gasteiger partial charge in [-0.05, 0) is 67.9 Å². The smallest absolute Gasteiger partial charge is 0.316 e. The first-order valence-electron chi connectivity index (χ1n) is 12.5. The van der Waals surface area contributed by atoms with Crippen LogP contribution in [0, 0.1) is 29.6 Å². The van der Waals surface area contributed by atoms with Crippen LogP contribution in [0.4, 0.5) is 5.69 Å². The molecule has 2 aliphatic carbocycles. The Bertz CT molecular complexity index is 1170. The van der Waals surface area contributed by atoms with Gasteiger partial charge < -0.3 is 9.64 Å². The van der Waals surface area contributed by atoms with E-state index in [9.17, 15) is 19.2 Å². The summed E-state index contributed by atoms with van der Waals surface area (Å²) in [4.78, 5) is 54.5. The molecule has 2 aromatic rings. The molecule has 4 fully saturated rings. The SMILES string of the molecule is C[C@H](c1ccccc1)N1C[C@@H](C(=O)Oc2ccc(N3C(=O)[C@@H]4[C@H]5CC[C@@H](C5)[C@@H]4C3=O)cc2)CC1=O. The van der Waals surface area contributed by atoms with Crippen molar-refractivity contribution in [1.82, 2.24) is 4.90 Å². The van der Waals surface area contributed by atoms with Crippen molar-refractivity contribution < 1.29 is 23.9 Å². The van der Waals surface area contributed by atoms with Gasteiger partial charge in [-0.25, -0.2) is 0 Å². The van der Waals surface area contributed by atoms with Crippen LogP contribution >= 0.6 is 0 Å². The normalized spacial score (nSPS) is 30.2. The Morgan fingerprint density at radius 2 is 1.54 bits per heavy atom. The van der Waals surface area contributed by atoms with Gasteiger partial charge in [0, 0.05) is 13.0 Å². The quantitative estimate of drug-likeness (QED) is 0.376. The molecule has 0 unspecified atom stereocenters. The number of esters is 1. The molecule has 2 aromatic carbocycles. The highest BCUT2D eigenvalue weighted by Crippen LogP contribution is 2.56. The molecule has 180 valence electrons. The summed E-state index contributed by atoms with van der Waals surface area (Å²) in [5, 5.41) is 0. The van der Waals surface area contributed by atoms with E-state index in [2.05, 4.69) is 0 Å². The Morgan fingerprint density at radius 3 is 2.17 bits per heavy atom. The minimum atomic E-state index is -0.537. The van der Waals surface area contributed by atoms with Gasteiger partial charge in [0.1, 0.15) is 5.75 Å². The zero-order valence-electron chi connectivity index (χ0n) is 19.6. The zero-order valence-corrected chi connectivity index (χ0v) is 19.6. The molecule has 3 amide bonds. The van der Waals surface area contributed by atoms with Gasteiger partial charge in [0.25, 0.3) is 0 Å². The Morgan fingerprint density at radius 1 is 0.914 bits per heavy atom. The Kier molecular flexibility index (Phi) is 5.24. The third kappa shape index (κ3) is 3.56. The van der Waals surface area contributed by atoms with Crippen LogP contribution in [0.5, 0.6) is 5.75 Å². The number of benzene rings is 2. The van der Waals surface area contributed by atoms with Gasteiger partial charge in [-0.1, -0.05) is 30.3 Å². The van der Waals surface area contributed by atoms with E-state index in [1.54, 1.807) is 29.2 Å². The first kappa shape index (κ1) is 22.0. The molecule has 2 saturated carbocycles. The number of ether oxygens (including phenoxy) is 1. The molecular weight excluding hydrogens is 444 g/mol. The molecule has 2 heterocycles. The monoisotopic (exact) mass is 472 g/mol. The van der Waals surface area contributed by atoms with E-state index in [4.69, 9.17) is 4.74 Å². The summed E-state index contributed by atoms with van der Waals surface area (Å²) in [7, 11) is 0. The largest absolute Gasteiger partial charge is 0.426 e. The number of fused-ring (bicyclic) bond motifs is 5. The van der Waals surface area contributed by atoms with E-state index in [1.165, 1.54) is 4.90 Å². The number of anilines is 1. The molecule has 7 nitrogen and oxygen atoms in total. The maximum atomic E-state index is 13.0. The molecule has 6 rings (SSSR count). The number of carbonyl (C=O) groups excluding carboxylic acids is 4. The molecule has 0 N–H and O–H groups in total. The zero-order chi connectivity index (χ0) is 24.3. The summed E-state index contributed by atoms with van der Waals surface area (Å²) in [6.45, 7) is 2.27. The van der Waals surface area contributed by atoms with Gasteiger partial charge in [-0.15, -0.1) is 0 Å². The molecule has 6 atom stereocenters. The minimum Gasteiger partial charge on any atom is -0.426 e. The van der Waals surface area contributed by atoms with Gasteiger partial charge in [0.05, 0.1) is 29.5 Å². The predicted octanol–water partition coefficient (Wildman–Crippen LogP) is 3.74. The highest BCUT2D eigenvalue weighted by Gasteiger charge is 2.61. The van der Waals surface area contributed by atoms with Crippen LogP contribution < -0.4 is 9.64 Å². The first-order valence-corrected chi connectivity index (χ1v) is 12.5. The molecule has 0 spiro atoms. The van der Waals surface area contributed by atoms with Crippen LogP contribution in [0.25, 0.3) is 0 Å². The predicted molar refractivity (Wildman–Crippen MR) is 127 cm³/mol. The topological polar surface area (TPSA) is 84.0 Å². The number of hydrogen-bond acceptors (Lipinski definition) is 5. The van der Waals surface area contributed by atoms with E-state index in [-0.39, 0.29) is 42.0 Å². The van der Waals surface area contributed by atoms with Crippen molar-refractivity contribution in [2.24, 2.45) is 29.6 Å². The third-order valence-corrected chi connectivity index (χ3v) is 8.48.